The summed E-state index contributed by atoms with van der Waals surface area (Å²) in [6, 6.07) is 0.452. The van der Waals surface area contributed by atoms with Gasteiger partial charge in [0.2, 0.25) is 0 Å². The van der Waals surface area contributed by atoms with E-state index in [1.807, 2.05) is 7.05 Å². The largest absolute Gasteiger partial charge is 0.373 e. The molecule has 0 fully saturated rings. The molecular weight excluding hydrogens is 224 g/mol. The molecule has 0 radical (unpaired) electrons. The minimum Gasteiger partial charge on any atom is -0.373 e. The van der Waals surface area contributed by atoms with Gasteiger partial charge >= 0.3 is 0 Å². The standard InChI is InChI=1S/C14H26N4/c1-7-9-18(10(3)4)14-11(5)13(15-6)16-12(8-2)17-14/h10H,7-9H2,1-6H3,(H,15,16,17). The monoisotopic (exact) mass is 250 g/mol. The highest BCUT2D eigenvalue weighted by Gasteiger charge is 2.17. The highest BCUT2D eigenvalue weighted by atomic mass is 15.2. The molecule has 1 N–H and O–H groups in total. The lowest BCUT2D eigenvalue weighted by molar-refractivity contribution is 0.656. The van der Waals surface area contributed by atoms with Crippen molar-refractivity contribution in [2.45, 2.75) is 53.5 Å². The maximum absolute atomic E-state index is 4.71. The molecule has 0 aromatic carbocycles. The van der Waals surface area contributed by atoms with Crippen LogP contribution >= 0.6 is 0 Å². The zero-order valence-electron chi connectivity index (χ0n) is 12.5. The molecule has 1 heterocycles. The molecule has 0 aliphatic heterocycles. The van der Waals surface area contributed by atoms with E-state index in [1.165, 1.54) is 0 Å². The molecular formula is C14H26N4. The van der Waals surface area contributed by atoms with E-state index in [9.17, 15) is 0 Å². The molecule has 0 saturated carbocycles. The molecule has 1 rings (SSSR count). The van der Waals surface area contributed by atoms with E-state index in [1.54, 1.807) is 0 Å². The van der Waals surface area contributed by atoms with Gasteiger partial charge in [-0.15, -0.1) is 0 Å². The summed E-state index contributed by atoms with van der Waals surface area (Å²) < 4.78 is 0. The van der Waals surface area contributed by atoms with Crippen molar-refractivity contribution in [1.29, 1.82) is 0 Å². The van der Waals surface area contributed by atoms with Gasteiger partial charge in [0.25, 0.3) is 0 Å². The van der Waals surface area contributed by atoms with Crippen LogP contribution in [-0.2, 0) is 6.42 Å². The van der Waals surface area contributed by atoms with Gasteiger partial charge in [-0.1, -0.05) is 13.8 Å². The van der Waals surface area contributed by atoms with Gasteiger partial charge in [0.1, 0.15) is 17.5 Å². The van der Waals surface area contributed by atoms with Crippen LogP contribution in [-0.4, -0.2) is 29.6 Å². The van der Waals surface area contributed by atoms with Crippen LogP contribution in [0.4, 0.5) is 11.6 Å². The van der Waals surface area contributed by atoms with Crippen LogP contribution in [0.1, 0.15) is 45.5 Å². The first kappa shape index (κ1) is 14.7. The summed E-state index contributed by atoms with van der Waals surface area (Å²) in [5, 5.41) is 3.17. The second kappa shape index (κ2) is 6.57. The Hall–Kier alpha value is -1.32. The summed E-state index contributed by atoms with van der Waals surface area (Å²) >= 11 is 0. The van der Waals surface area contributed by atoms with Crippen LogP contribution < -0.4 is 10.2 Å². The van der Waals surface area contributed by atoms with Crippen LogP contribution in [0.3, 0.4) is 0 Å². The predicted molar refractivity (Wildman–Crippen MR) is 78.5 cm³/mol. The van der Waals surface area contributed by atoms with Gasteiger partial charge in [0, 0.05) is 31.6 Å². The maximum atomic E-state index is 4.71. The summed E-state index contributed by atoms with van der Waals surface area (Å²) in [5.74, 6) is 2.92. The van der Waals surface area contributed by atoms with Crippen LogP contribution in [0.5, 0.6) is 0 Å². The number of hydrogen-bond acceptors (Lipinski definition) is 4. The molecule has 0 saturated heterocycles. The lowest BCUT2D eigenvalue weighted by Crippen LogP contribution is -2.33. The van der Waals surface area contributed by atoms with Crippen molar-refractivity contribution in [2.75, 3.05) is 23.8 Å². The first-order valence-electron chi connectivity index (χ1n) is 6.86. The number of nitrogens with one attached hydrogen (secondary N) is 1. The lowest BCUT2D eigenvalue weighted by atomic mass is 10.2. The molecule has 0 bridgehead atoms. The fourth-order valence-electron chi connectivity index (χ4n) is 2.08. The number of rotatable bonds is 6. The van der Waals surface area contributed by atoms with E-state index in [4.69, 9.17) is 4.98 Å². The molecule has 4 heteroatoms. The molecule has 4 nitrogen and oxygen atoms in total. The molecule has 1 aromatic heterocycles. The van der Waals surface area contributed by atoms with E-state index in [0.29, 0.717) is 6.04 Å². The molecule has 1 aromatic rings. The van der Waals surface area contributed by atoms with Gasteiger partial charge in [-0.2, -0.15) is 0 Å². The highest BCUT2D eigenvalue weighted by Crippen LogP contribution is 2.25. The Labute approximate surface area is 111 Å². The van der Waals surface area contributed by atoms with Crippen molar-refractivity contribution in [2.24, 2.45) is 0 Å². The van der Waals surface area contributed by atoms with Crippen LogP contribution in [0.15, 0.2) is 0 Å². The van der Waals surface area contributed by atoms with Crippen molar-refractivity contribution < 1.29 is 0 Å². The van der Waals surface area contributed by atoms with E-state index in [2.05, 4.69) is 49.8 Å². The summed E-state index contributed by atoms with van der Waals surface area (Å²) in [7, 11) is 1.91. The van der Waals surface area contributed by atoms with E-state index >= 15 is 0 Å². The van der Waals surface area contributed by atoms with Gasteiger partial charge < -0.3 is 10.2 Å². The third-order valence-electron chi connectivity index (χ3n) is 3.08. The summed E-state index contributed by atoms with van der Waals surface area (Å²) in [6.45, 7) is 11.8. The lowest BCUT2D eigenvalue weighted by Gasteiger charge is -2.29. The van der Waals surface area contributed by atoms with Crippen molar-refractivity contribution in [1.82, 2.24) is 9.97 Å². The number of anilines is 2. The number of aryl methyl sites for hydroxylation is 1. The van der Waals surface area contributed by atoms with Gasteiger partial charge in [0.15, 0.2) is 0 Å². The average molecular weight is 250 g/mol. The molecule has 0 aliphatic rings. The quantitative estimate of drug-likeness (QED) is 0.842. The van der Waals surface area contributed by atoms with Gasteiger partial charge in [0.05, 0.1) is 0 Å². The minimum absolute atomic E-state index is 0.452. The van der Waals surface area contributed by atoms with E-state index < -0.39 is 0 Å². The Morgan fingerprint density at radius 1 is 1.22 bits per heavy atom. The highest BCUT2D eigenvalue weighted by molar-refractivity contribution is 5.58. The number of nitrogens with zero attached hydrogens (tertiary/aromatic N) is 3. The molecule has 0 atom stereocenters. The van der Waals surface area contributed by atoms with Gasteiger partial charge in [-0.25, -0.2) is 9.97 Å². The Morgan fingerprint density at radius 3 is 2.33 bits per heavy atom. The first-order chi connectivity index (χ1) is 8.54. The molecule has 102 valence electrons. The Morgan fingerprint density at radius 2 is 1.89 bits per heavy atom. The Bertz CT molecular complexity index is 388. The Balaban J connectivity index is 3.26. The molecule has 0 spiro atoms. The third-order valence-corrected chi connectivity index (χ3v) is 3.08. The van der Waals surface area contributed by atoms with Crippen LogP contribution in [0.2, 0.25) is 0 Å². The van der Waals surface area contributed by atoms with Crippen LogP contribution in [0.25, 0.3) is 0 Å². The second-order valence-corrected chi connectivity index (χ2v) is 4.83. The zero-order valence-corrected chi connectivity index (χ0v) is 12.5. The molecule has 0 amide bonds. The maximum Gasteiger partial charge on any atom is 0.137 e. The Kier molecular flexibility index (Phi) is 5.38. The zero-order chi connectivity index (χ0) is 13.7. The van der Waals surface area contributed by atoms with Crippen molar-refractivity contribution >= 4 is 11.6 Å². The fraction of sp³-hybridized carbons (Fsp3) is 0.714. The number of aromatic nitrogens is 2. The molecule has 0 unspecified atom stereocenters. The fourth-order valence-corrected chi connectivity index (χ4v) is 2.08. The van der Waals surface area contributed by atoms with Crippen molar-refractivity contribution in [3.05, 3.63) is 11.4 Å². The third kappa shape index (κ3) is 3.12. The van der Waals surface area contributed by atoms with E-state index in [-0.39, 0.29) is 0 Å². The molecule has 0 aliphatic carbocycles. The first-order valence-corrected chi connectivity index (χ1v) is 6.86. The van der Waals surface area contributed by atoms with Crippen molar-refractivity contribution in [3.63, 3.8) is 0 Å². The number of hydrogen-bond donors (Lipinski definition) is 1. The summed E-state index contributed by atoms with van der Waals surface area (Å²) in [4.78, 5) is 11.6. The SMILES string of the molecule is CCCN(c1nc(CC)nc(NC)c1C)C(C)C. The normalized spacial score (nSPS) is 10.8. The minimum atomic E-state index is 0.452. The summed E-state index contributed by atoms with van der Waals surface area (Å²) in [5.41, 5.74) is 1.14. The van der Waals surface area contributed by atoms with Crippen LogP contribution in [0, 0.1) is 6.92 Å². The predicted octanol–water partition coefficient (Wildman–Crippen LogP) is 3.01. The second-order valence-electron chi connectivity index (χ2n) is 4.83. The average Bonchev–Trinajstić information content (AvgIpc) is 2.36. The summed E-state index contributed by atoms with van der Waals surface area (Å²) in [6.07, 6.45) is 1.98. The van der Waals surface area contributed by atoms with Gasteiger partial charge in [-0.05, 0) is 27.2 Å². The topological polar surface area (TPSA) is 41.1 Å². The smallest absolute Gasteiger partial charge is 0.137 e. The molecule has 18 heavy (non-hydrogen) atoms. The van der Waals surface area contributed by atoms with Gasteiger partial charge in [-0.3, -0.25) is 0 Å². The van der Waals surface area contributed by atoms with Crippen molar-refractivity contribution in [3.8, 4) is 0 Å². The van der Waals surface area contributed by atoms with E-state index in [0.717, 1.165) is 42.4 Å².